The zero-order chi connectivity index (χ0) is 18.9. The molecule has 0 heterocycles. The first-order chi connectivity index (χ1) is 11.7. The SMILES string of the molecule is CCCCCCCC(Oc1ccc(/C=C/C(=O)O)cc1F)[Si](Cl)(Cl)Cl. The third kappa shape index (κ3) is 8.95. The molecule has 0 radical (unpaired) electrons. The van der Waals surface area contributed by atoms with Crippen LogP contribution in [-0.2, 0) is 4.79 Å². The summed E-state index contributed by atoms with van der Waals surface area (Å²) in [5.74, 6) is -1.72. The van der Waals surface area contributed by atoms with Gasteiger partial charge in [0.25, 0.3) is 0 Å². The van der Waals surface area contributed by atoms with E-state index in [4.69, 9.17) is 43.1 Å². The molecule has 0 aliphatic heterocycles. The maximum Gasteiger partial charge on any atom is 0.381 e. The second kappa shape index (κ2) is 11.1. The Labute approximate surface area is 162 Å². The van der Waals surface area contributed by atoms with Crippen molar-refractivity contribution >= 4 is 51.3 Å². The van der Waals surface area contributed by atoms with E-state index in [2.05, 4.69) is 6.92 Å². The molecule has 0 saturated heterocycles. The lowest BCUT2D eigenvalue weighted by Crippen LogP contribution is -2.37. The number of ether oxygens (including phenoxy) is 1. The van der Waals surface area contributed by atoms with Crippen LogP contribution in [0.5, 0.6) is 5.75 Å². The van der Waals surface area contributed by atoms with E-state index in [0.717, 1.165) is 38.2 Å². The smallest absolute Gasteiger partial charge is 0.381 e. The van der Waals surface area contributed by atoms with Crippen LogP contribution in [0, 0.1) is 5.82 Å². The van der Waals surface area contributed by atoms with Crippen LogP contribution in [0.2, 0.25) is 0 Å². The van der Waals surface area contributed by atoms with Crippen LogP contribution in [0.4, 0.5) is 4.39 Å². The highest BCUT2D eigenvalue weighted by molar-refractivity contribution is 7.65. The second-order valence-electron chi connectivity index (χ2n) is 5.71. The molecular formula is C17H22Cl3FO3Si. The first kappa shape index (κ1) is 22.3. The molecule has 1 atom stereocenters. The molecule has 0 saturated carbocycles. The Morgan fingerprint density at radius 2 is 1.96 bits per heavy atom. The van der Waals surface area contributed by atoms with Gasteiger partial charge >= 0.3 is 12.0 Å². The summed E-state index contributed by atoms with van der Waals surface area (Å²) in [6, 6.07) is 0.993. The highest BCUT2D eigenvalue weighted by Gasteiger charge is 2.39. The van der Waals surface area contributed by atoms with Crippen LogP contribution in [0.15, 0.2) is 24.3 Å². The van der Waals surface area contributed by atoms with E-state index in [0.29, 0.717) is 12.0 Å². The number of benzene rings is 1. The fourth-order valence-electron chi connectivity index (χ4n) is 2.26. The molecule has 1 unspecified atom stereocenters. The van der Waals surface area contributed by atoms with Gasteiger partial charge < -0.3 is 9.84 Å². The molecule has 0 fully saturated rings. The monoisotopic (exact) mass is 426 g/mol. The lowest BCUT2D eigenvalue weighted by Gasteiger charge is -2.24. The Hall–Kier alpha value is -0.753. The third-order valence-electron chi connectivity index (χ3n) is 3.58. The van der Waals surface area contributed by atoms with Gasteiger partial charge in [-0.15, -0.1) is 33.2 Å². The maximum atomic E-state index is 14.2. The largest absolute Gasteiger partial charge is 0.487 e. The quantitative estimate of drug-likeness (QED) is 0.197. The third-order valence-corrected chi connectivity index (χ3v) is 6.91. The molecule has 0 spiro atoms. The van der Waals surface area contributed by atoms with E-state index in [1.165, 1.54) is 18.2 Å². The molecule has 25 heavy (non-hydrogen) atoms. The first-order valence-corrected chi connectivity index (χ1v) is 13.3. The van der Waals surface area contributed by atoms with Gasteiger partial charge in [0.2, 0.25) is 0 Å². The van der Waals surface area contributed by atoms with E-state index in [1.807, 2.05) is 0 Å². The van der Waals surface area contributed by atoms with Crippen LogP contribution < -0.4 is 4.74 Å². The minimum atomic E-state index is -3.17. The number of carbonyl (C=O) groups is 1. The number of carboxylic acids is 1. The molecular weight excluding hydrogens is 406 g/mol. The molecule has 0 aliphatic rings. The second-order valence-corrected chi connectivity index (χ2v) is 14.5. The van der Waals surface area contributed by atoms with Gasteiger partial charge in [-0.05, 0) is 36.6 Å². The summed E-state index contributed by atoms with van der Waals surface area (Å²) in [5, 5.41) is 8.60. The molecule has 8 heteroatoms. The number of aliphatic carboxylic acids is 1. The predicted octanol–water partition coefficient (Wildman–Crippen LogP) is 6.23. The zero-order valence-corrected chi connectivity index (χ0v) is 17.3. The van der Waals surface area contributed by atoms with Crippen molar-refractivity contribution in [1.82, 2.24) is 0 Å². The number of carboxylic acid groups (broad SMARTS) is 1. The average Bonchev–Trinajstić information content (AvgIpc) is 2.52. The summed E-state index contributed by atoms with van der Waals surface area (Å²) in [7, 11) is 0. The molecule has 0 bridgehead atoms. The standard InChI is InChI=1S/C17H22Cl3FO3Si/c1-2-3-4-5-6-7-17(25(18,19)20)24-15-10-8-13(12-14(15)21)9-11-16(22)23/h8-12,17H,2-7H2,1H3,(H,22,23)/b11-9+. The van der Waals surface area contributed by atoms with Crippen molar-refractivity contribution in [2.75, 3.05) is 0 Å². The van der Waals surface area contributed by atoms with Crippen LogP contribution in [0.1, 0.15) is 51.0 Å². The van der Waals surface area contributed by atoms with Crippen LogP contribution in [0.3, 0.4) is 0 Å². The molecule has 1 aromatic rings. The van der Waals surface area contributed by atoms with E-state index in [1.54, 1.807) is 6.07 Å². The number of hydrogen-bond acceptors (Lipinski definition) is 2. The summed E-state index contributed by atoms with van der Waals surface area (Å²) in [6.45, 7) is 2.14. The lowest BCUT2D eigenvalue weighted by atomic mass is 10.1. The molecule has 1 rings (SSSR count). The topological polar surface area (TPSA) is 46.5 Å². The first-order valence-electron chi connectivity index (χ1n) is 8.18. The molecule has 1 aromatic carbocycles. The Bertz CT molecular complexity index is 591. The number of halogens is 4. The van der Waals surface area contributed by atoms with Gasteiger partial charge in [0, 0.05) is 6.08 Å². The van der Waals surface area contributed by atoms with E-state index >= 15 is 0 Å². The highest BCUT2D eigenvalue weighted by Crippen LogP contribution is 2.32. The van der Waals surface area contributed by atoms with Crippen molar-refractivity contribution < 1.29 is 19.0 Å². The minimum absolute atomic E-state index is 0.00450. The van der Waals surface area contributed by atoms with Crippen LogP contribution >= 0.6 is 33.2 Å². The Kier molecular flexibility index (Phi) is 9.86. The minimum Gasteiger partial charge on any atom is -0.487 e. The van der Waals surface area contributed by atoms with Gasteiger partial charge in [-0.25, -0.2) is 9.18 Å². The molecule has 3 nitrogen and oxygen atoms in total. The van der Waals surface area contributed by atoms with E-state index < -0.39 is 23.5 Å². The zero-order valence-electron chi connectivity index (χ0n) is 14.0. The summed E-state index contributed by atoms with van der Waals surface area (Å²) in [4.78, 5) is 10.5. The molecule has 0 aliphatic carbocycles. The van der Waals surface area contributed by atoms with Crippen molar-refractivity contribution in [2.45, 2.75) is 51.2 Å². The van der Waals surface area contributed by atoms with E-state index in [9.17, 15) is 9.18 Å². The Morgan fingerprint density at radius 1 is 1.28 bits per heavy atom. The van der Waals surface area contributed by atoms with Crippen LogP contribution in [0.25, 0.3) is 6.08 Å². The fraction of sp³-hybridized carbons (Fsp3) is 0.471. The maximum absolute atomic E-state index is 14.2. The predicted molar refractivity (Wildman–Crippen MR) is 104 cm³/mol. The number of hydrogen-bond donors (Lipinski definition) is 1. The summed E-state index contributed by atoms with van der Waals surface area (Å²) in [6.07, 6.45) is 8.09. The van der Waals surface area contributed by atoms with Gasteiger partial charge in [0.15, 0.2) is 11.6 Å². The fourth-order valence-corrected chi connectivity index (χ4v) is 4.43. The molecule has 140 valence electrons. The van der Waals surface area contributed by atoms with Crippen molar-refractivity contribution in [1.29, 1.82) is 0 Å². The van der Waals surface area contributed by atoms with Gasteiger partial charge in [-0.3, -0.25) is 0 Å². The van der Waals surface area contributed by atoms with Crippen molar-refractivity contribution in [3.8, 4) is 5.75 Å². The highest BCUT2D eigenvalue weighted by atomic mass is 35.8. The van der Waals surface area contributed by atoms with Crippen molar-refractivity contribution in [3.05, 3.63) is 35.7 Å². The average molecular weight is 428 g/mol. The van der Waals surface area contributed by atoms with Gasteiger partial charge in [0.1, 0.15) is 5.73 Å². The molecule has 1 N–H and O–H groups in total. The Balaban J connectivity index is 2.74. The summed E-state index contributed by atoms with van der Waals surface area (Å²) >= 11 is 18.3. The van der Waals surface area contributed by atoms with Gasteiger partial charge in [0.05, 0.1) is 0 Å². The van der Waals surface area contributed by atoms with Crippen molar-refractivity contribution in [2.24, 2.45) is 0 Å². The number of unbranched alkanes of at least 4 members (excludes halogenated alkanes) is 4. The summed E-state index contributed by atoms with van der Waals surface area (Å²) in [5.41, 5.74) is -0.219. The normalized spacial score (nSPS) is 13.2. The summed E-state index contributed by atoms with van der Waals surface area (Å²) < 4.78 is 19.8. The Morgan fingerprint density at radius 3 is 2.52 bits per heavy atom. The number of rotatable bonds is 11. The van der Waals surface area contributed by atoms with Crippen molar-refractivity contribution in [3.63, 3.8) is 0 Å². The lowest BCUT2D eigenvalue weighted by molar-refractivity contribution is -0.131. The van der Waals surface area contributed by atoms with Gasteiger partial charge in [-0.2, -0.15) is 0 Å². The van der Waals surface area contributed by atoms with Crippen LogP contribution in [-0.4, -0.2) is 22.8 Å². The molecule has 0 amide bonds. The van der Waals surface area contributed by atoms with Gasteiger partial charge in [-0.1, -0.05) is 38.7 Å². The molecule has 0 aromatic heterocycles. The van der Waals surface area contributed by atoms with E-state index in [-0.39, 0.29) is 5.75 Å².